The first-order chi connectivity index (χ1) is 14.0. The first-order valence-corrected chi connectivity index (χ1v) is 9.00. The van der Waals surface area contributed by atoms with Crippen LogP contribution < -0.4 is 14.8 Å². The summed E-state index contributed by atoms with van der Waals surface area (Å²) in [5, 5.41) is 13.6. The van der Waals surface area contributed by atoms with E-state index in [1.54, 1.807) is 37.3 Å². The summed E-state index contributed by atoms with van der Waals surface area (Å²) < 4.78 is 11.2. The van der Waals surface area contributed by atoms with Gasteiger partial charge in [-0.05, 0) is 42.8 Å². The van der Waals surface area contributed by atoms with E-state index in [4.69, 9.17) is 9.47 Å². The zero-order valence-electron chi connectivity index (χ0n) is 15.8. The molecule has 1 amide bonds. The summed E-state index contributed by atoms with van der Waals surface area (Å²) in [6.45, 7) is 2.03. The summed E-state index contributed by atoms with van der Waals surface area (Å²) in [5.41, 5.74) is 1.56. The van der Waals surface area contributed by atoms with E-state index in [1.165, 1.54) is 18.2 Å². The highest BCUT2D eigenvalue weighted by Gasteiger charge is 2.16. The molecule has 0 spiro atoms. The monoisotopic (exact) mass is 392 g/mol. The second-order valence-corrected chi connectivity index (χ2v) is 6.30. The Balaban J connectivity index is 1.53. The summed E-state index contributed by atoms with van der Waals surface area (Å²) in [6, 6.07) is 22.5. The number of hydrogen-bond donors (Lipinski definition) is 1. The van der Waals surface area contributed by atoms with Gasteiger partial charge in [0.1, 0.15) is 18.1 Å². The van der Waals surface area contributed by atoms with Gasteiger partial charge in [-0.3, -0.25) is 14.9 Å². The summed E-state index contributed by atoms with van der Waals surface area (Å²) in [6.07, 6.45) is -0.828. The normalized spacial score (nSPS) is 11.3. The molecule has 29 heavy (non-hydrogen) atoms. The third-order valence-electron chi connectivity index (χ3n) is 4.08. The van der Waals surface area contributed by atoms with Crippen LogP contribution >= 0.6 is 0 Å². The molecule has 0 aromatic heterocycles. The van der Waals surface area contributed by atoms with Gasteiger partial charge in [-0.25, -0.2) is 0 Å². The zero-order valence-corrected chi connectivity index (χ0v) is 15.8. The van der Waals surface area contributed by atoms with Gasteiger partial charge in [0, 0.05) is 11.8 Å². The molecule has 3 aromatic rings. The number of non-ortho nitro benzene ring substituents is 1. The molecule has 148 valence electrons. The lowest BCUT2D eigenvalue weighted by Gasteiger charge is -2.15. The van der Waals surface area contributed by atoms with Crippen molar-refractivity contribution in [1.82, 2.24) is 0 Å². The Morgan fingerprint density at radius 3 is 2.41 bits per heavy atom. The molecular weight excluding hydrogens is 372 g/mol. The van der Waals surface area contributed by atoms with Crippen LogP contribution in [0.1, 0.15) is 12.5 Å². The molecule has 0 aliphatic carbocycles. The number of nitrogens with zero attached hydrogens (tertiary/aromatic N) is 1. The fourth-order valence-corrected chi connectivity index (χ4v) is 2.55. The molecule has 3 rings (SSSR count). The fourth-order valence-electron chi connectivity index (χ4n) is 2.55. The molecule has 0 aliphatic rings. The van der Waals surface area contributed by atoms with Gasteiger partial charge < -0.3 is 14.8 Å². The average Bonchev–Trinajstić information content (AvgIpc) is 2.74. The standard InChI is InChI=1S/C22H20N2O5/c1-16(29-21-9-5-8-19(14-21)24(26)27)22(25)23-18-10-12-20(13-11-18)28-15-17-6-3-2-4-7-17/h2-14,16H,15H2,1H3,(H,23,25)/t16-/m1/s1. The number of benzene rings is 3. The highest BCUT2D eigenvalue weighted by Crippen LogP contribution is 2.21. The molecule has 3 aromatic carbocycles. The van der Waals surface area contributed by atoms with E-state index in [-0.39, 0.29) is 17.3 Å². The minimum atomic E-state index is -0.828. The van der Waals surface area contributed by atoms with Crippen LogP contribution in [0, 0.1) is 10.1 Å². The molecule has 0 saturated heterocycles. The van der Waals surface area contributed by atoms with Crippen molar-refractivity contribution in [2.24, 2.45) is 0 Å². The number of carbonyl (C=O) groups is 1. The number of carbonyl (C=O) groups excluding carboxylic acids is 1. The van der Waals surface area contributed by atoms with Crippen LogP contribution in [0.4, 0.5) is 11.4 Å². The Morgan fingerprint density at radius 1 is 1.00 bits per heavy atom. The zero-order chi connectivity index (χ0) is 20.6. The molecule has 0 radical (unpaired) electrons. The molecule has 0 heterocycles. The molecule has 0 saturated carbocycles. The lowest BCUT2D eigenvalue weighted by Crippen LogP contribution is -2.30. The largest absolute Gasteiger partial charge is 0.489 e. The second kappa shape index (κ2) is 9.36. The molecule has 1 atom stereocenters. The number of ether oxygens (including phenoxy) is 2. The maximum atomic E-state index is 12.3. The van der Waals surface area contributed by atoms with Crippen LogP contribution in [-0.2, 0) is 11.4 Å². The van der Waals surface area contributed by atoms with Crippen molar-refractivity contribution in [2.45, 2.75) is 19.6 Å². The molecular formula is C22H20N2O5. The fraction of sp³-hybridized carbons (Fsp3) is 0.136. The Hall–Kier alpha value is -3.87. The predicted octanol–water partition coefficient (Wildman–Crippen LogP) is 4.58. The minimum absolute atomic E-state index is 0.0961. The van der Waals surface area contributed by atoms with Gasteiger partial charge in [0.2, 0.25) is 0 Å². The van der Waals surface area contributed by atoms with E-state index in [9.17, 15) is 14.9 Å². The van der Waals surface area contributed by atoms with E-state index in [1.807, 2.05) is 30.3 Å². The van der Waals surface area contributed by atoms with E-state index >= 15 is 0 Å². The van der Waals surface area contributed by atoms with Gasteiger partial charge >= 0.3 is 0 Å². The van der Waals surface area contributed by atoms with E-state index in [0.29, 0.717) is 18.0 Å². The molecule has 0 aliphatic heterocycles. The maximum Gasteiger partial charge on any atom is 0.273 e. The van der Waals surface area contributed by atoms with E-state index in [2.05, 4.69) is 5.32 Å². The van der Waals surface area contributed by atoms with Crippen molar-refractivity contribution in [2.75, 3.05) is 5.32 Å². The van der Waals surface area contributed by atoms with Gasteiger partial charge in [-0.1, -0.05) is 36.4 Å². The molecule has 7 nitrogen and oxygen atoms in total. The van der Waals surface area contributed by atoms with Crippen molar-refractivity contribution < 1.29 is 19.2 Å². The molecule has 0 bridgehead atoms. The number of anilines is 1. The SMILES string of the molecule is C[C@@H](Oc1cccc([N+](=O)[O-])c1)C(=O)Nc1ccc(OCc2ccccc2)cc1. The van der Waals surface area contributed by atoms with E-state index in [0.717, 1.165) is 5.56 Å². The second-order valence-electron chi connectivity index (χ2n) is 6.30. The lowest BCUT2D eigenvalue weighted by atomic mass is 10.2. The number of hydrogen-bond acceptors (Lipinski definition) is 5. The van der Waals surface area contributed by atoms with Crippen molar-refractivity contribution in [3.05, 3.63) is 94.5 Å². The van der Waals surface area contributed by atoms with Crippen LogP contribution in [0.2, 0.25) is 0 Å². The first-order valence-electron chi connectivity index (χ1n) is 9.00. The lowest BCUT2D eigenvalue weighted by molar-refractivity contribution is -0.384. The third kappa shape index (κ3) is 5.80. The van der Waals surface area contributed by atoms with Gasteiger partial charge in [0.25, 0.3) is 11.6 Å². The Bertz CT molecular complexity index is 974. The maximum absolute atomic E-state index is 12.3. The van der Waals surface area contributed by atoms with Crippen LogP contribution in [0.5, 0.6) is 11.5 Å². The molecule has 0 fully saturated rings. The Kier molecular flexibility index (Phi) is 6.42. The van der Waals surface area contributed by atoms with Crippen molar-refractivity contribution >= 4 is 17.3 Å². The predicted molar refractivity (Wildman–Crippen MR) is 109 cm³/mol. The Labute approximate surface area is 168 Å². The summed E-state index contributed by atoms with van der Waals surface area (Å²) in [7, 11) is 0. The summed E-state index contributed by atoms with van der Waals surface area (Å²) in [5.74, 6) is 0.578. The van der Waals surface area contributed by atoms with Crippen molar-refractivity contribution in [3.63, 3.8) is 0 Å². The van der Waals surface area contributed by atoms with Gasteiger partial charge in [0.05, 0.1) is 11.0 Å². The number of nitrogens with one attached hydrogen (secondary N) is 1. The number of nitro benzene ring substituents is 1. The topological polar surface area (TPSA) is 90.7 Å². The highest BCUT2D eigenvalue weighted by molar-refractivity contribution is 5.94. The third-order valence-corrected chi connectivity index (χ3v) is 4.08. The van der Waals surface area contributed by atoms with Gasteiger partial charge in [-0.15, -0.1) is 0 Å². The van der Waals surface area contributed by atoms with Crippen molar-refractivity contribution in [3.8, 4) is 11.5 Å². The molecule has 7 heteroatoms. The quantitative estimate of drug-likeness (QED) is 0.448. The highest BCUT2D eigenvalue weighted by atomic mass is 16.6. The van der Waals surface area contributed by atoms with Gasteiger partial charge in [0.15, 0.2) is 6.10 Å². The van der Waals surface area contributed by atoms with Crippen LogP contribution in [0.25, 0.3) is 0 Å². The van der Waals surface area contributed by atoms with E-state index < -0.39 is 11.0 Å². The average molecular weight is 392 g/mol. The molecule has 1 N–H and O–H groups in total. The van der Waals surface area contributed by atoms with Crippen LogP contribution in [-0.4, -0.2) is 16.9 Å². The summed E-state index contributed by atoms with van der Waals surface area (Å²) in [4.78, 5) is 22.6. The minimum Gasteiger partial charge on any atom is -0.489 e. The number of rotatable bonds is 8. The smallest absolute Gasteiger partial charge is 0.273 e. The van der Waals surface area contributed by atoms with Crippen molar-refractivity contribution in [1.29, 1.82) is 0 Å². The number of nitro groups is 1. The molecule has 0 unspecified atom stereocenters. The van der Waals surface area contributed by atoms with Crippen LogP contribution in [0.3, 0.4) is 0 Å². The summed E-state index contributed by atoms with van der Waals surface area (Å²) >= 11 is 0. The first kappa shape index (κ1) is 19.9. The number of amides is 1. The Morgan fingerprint density at radius 2 is 1.72 bits per heavy atom. The van der Waals surface area contributed by atoms with Crippen LogP contribution in [0.15, 0.2) is 78.9 Å². The van der Waals surface area contributed by atoms with Gasteiger partial charge in [-0.2, -0.15) is 0 Å².